The molecule has 1 unspecified atom stereocenters. The van der Waals surface area contributed by atoms with E-state index in [1.165, 1.54) is 17.0 Å². The molecule has 0 radical (unpaired) electrons. The summed E-state index contributed by atoms with van der Waals surface area (Å²) >= 11 is 1.67. The minimum absolute atomic E-state index is 0.119. The summed E-state index contributed by atoms with van der Waals surface area (Å²) in [4.78, 5) is 1.21. The third-order valence-corrected chi connectivity index (χ3v) is 3.82. The highest BCUT2D eigenvalue weighted by atomic mass is 32.1. The van der Waals surface area contributed by atoms with E-state index in [4.69, 9.17) is 5.26 Å². The molecule has 2 rings (SSSR count). The Balaban J connectivity index is 2.28. The number of nitrogens with one attached hydrogen (secondary N) is 1. The Bertz CT molecular complexity index is 585. The van der Waals surface area contributed by atoms with Gasteiger partial charge in [-0.2, -0.15) is 5.26 Å². The second-order valence-corrected chi connectivity index (χ2v) is 5.70. The van der Waals surface area contributed by atoms with Crippen LogP contribution >= 0.6 is 11.3 Å². The molecule has 0 aliphatic carbocycles. The average Bonchev–Trinajstić information content (AvgIpc) is 2.88. The molecule has 1 atom stereocenters. The van der Waals surface area contributed by atoms with Crippen LogP contribution in [0.5, 0.6) is 0 Å². The fraction of sp³-hybridized carbons (Fsp3) is 0.267. The van der Waals surface area contributed by atoms with E-state index in [1.807, 2.05) is 17.5 Å². The Kier molecular flexibility index (Phi) is 4.18. The maximum Gasteiger partial charge on any atom is 0.126 e. The zero-order chi connectivity index (χ0) is 13.8. The average molecular weight is 274 g/mol. The van der Waals surface area contributed by atoms with Crippen molar-refractivity contribution in [2.24, 2.45) is 5.92 Å². The van der Waals surface area contributed by atoms with Crippen LogP contribution in [-0.2, 0) is 0 Å². The summed E-state index contributed by atoms with van der Waals surface area (Å²) in [7, 11) is 0. The SMILES string of the molecule is CC(C)C(Nc1cc(F)cc(C#N)c1)c1cccs1. The molecule has 2 aromatic rings. The molecule has 0 bridgehead atoms. The van der Waals surface area contributed by atoms with Gasteiger partial charge in [0.2, 0.25) is 0 Å². The molecule has 2 nitrogen and oxygen atoms in total. The molecule has 0 aliphatic heterocycles. The van der Waals surface area contributed by atoms with E-state index in [0.717, 1.165) is 0 Å². The number of anilines is 1. The molecule has 4 heteroatoms. The molecule has 0 aliphatic rings. The Morgan fingerprint density at radius 3 is 2.68 bits per heavy atom. The van der Waals surface area contributed by atoms with Crippen LogP contribution in [0.4, 0.5) is 10.1 Å². The van der Waals surface area contributed by atoms with E-state index in [2.05, 4.69) is 25.2 Å². The van der Waals surface area contributed by atoms with E-state index in [-0.39, 0.29) is 6.04 Å². The lowest BCUT2D eigenvalue weighted by atomic mass is 10.0. The molecule has 1 heterocycles. The number of hydrogen-bond acceptors (Lipinski definition) is 3. The maximum absolute atomic E-state index is 13.4. The lowest BCUT2D eigenvalue weighted by Crippen LogP contribution is -2.15. The second kappa shape index (κ2) is 5.85. The Labute approximate surface area is 116 Å². The van der Waals surface area contributed by atoms with Gasteiger partial charge in [0, 0.05) is 10.6 Å². The van der Waals surface area contributed by atoms with Crippen molar-refractivity contribution in [1.29, 1.82) is 5.26 Å². The van der Waals surface area contributed by atoms with Crippen molar-refractivity contribution in [2.75, 3.05) is 5.32 Å². The smallest absolute Gasteiger partial charge is 0.126 e. The molecule has 0 saturated heterocycles. The fourth-order valence-electron chi connectivity index (χ4n) is 1.95. The van der Waals surface area contributed by atoms with E-state index in [0.29, 0.717) is 17.2 Å². The highest BCUT2D eigenvalue weighted by molar-refractivity contribution is 7.10. The first kappa shape index (κ1) is 13.6. The number of nitrogens with zero attached hydrogens (tertiary/aromatic N) is 1. The van der Waals surface area contributed by atoms with E-state index >= 15 is 0 Å². The zero-order valence-electron chi connectivity index (χ0n) is 10.9. The van der Waals surface area contributed by atoms with Crippen molar-refractivity contribution >= 4 is 17.0 Å². The van der Waals surface area contributed by atoms with Crippen molar-refractivity contribution in [3.63, 3.8) is 0 Å². The van der Waals surface area contributed by atoms with Gasteiger partial charge in [-0.25, -0.2) is 4.39 Å². The summed E-state index contributed by atoms with van der Waals surface area (Å²) in [6.07, 6.45) is 0. The van der Waals surface area contributed by atoms with Crippen molar-refractivity contribution in [3.8, 4) is 6.07 Å². The van der Waals surface area contributed by atoms with Crippen LogP contribution in [0.3, 0.4) is 0 Å². The topological polar surface area (TPSA) is 35.8 Å². The third kappa shape index (κ3) is 3.33. The molecular formula is C15H15FN2S. The molecule has 98 valence electrons. The standard InChI is InChI=1S/C15H15FN2S/c1-10(2)15(14-4-3-5-19-14)18-13-7-11(9-17)6-12(16)8-13/h3-8,10,15,18H,1-2H3. The molecule has 0 saturated carbocycles. The minimum atomic E-state index is -0.393. The van der Waals surface area contributed by atoms with Crippen LogP contribution in [0.15, 0.2) is 35.7 Å². The lowest BCUT2D eigenvalue weighted by Gasteiger charge is -2.22. The Hall–Kier alpha value is -1.86. The van der Waals surface area contributed by atoms with Crippen molar-refractivity contribution in [1.82, 2.24) is 0 Å². The van der Waals surface area contributed by atoms with Gasteiger partial charge >= 0.3 is 0 Å². The zero-order valence-corrected chi connectivity index (χ0v) is 11.7. The van der Waals surface area contributed by atoms with Gasteiger partial charge in [0.25, 0.3) is 0 Å². The van der Waals surface area contributed by atoms with Crippen LogP contribution in [0, 0.1) is 23.1 Å². The number of benzene rings is 1. The van der Waals surface area contributed by atoms with Crippen LogP contribution in [0.1, 0.15) is 30.3 Å². The fourth-order valence-corrected chi connectivity index (χ4v) is 2.90. The van der Waals surface area contributed by atoms with Crippen molar-refractivity contribution in [3.05, 3.63) is 52.0 Å². The van der Waals surface area contributed by atoms with Gasteiger partial charge in [-0.15, -0.1) is 11.3 Å². The highest BCUT2D eigenvalue weighted by Gasteiger charge is 2.17. The summed E-state index contributed by atoms with van der Waals surface area (Å²) in [5.74, 6) is -0.0253. The largest absolute Gasteiger partial charge is 0.377 e. The lowest BCUT2D eigenvalue weighted by molar-refractivity contribution is 0.552. The predicted molar refractivity (Wildman–Crippen MR) is 76.6 cm³/mol. The molecule has 0 fully saturated rings. The summed E-state index contributed by atoms with van der Waals surface area (Å²) < 4.78 is 13.4. The normalized spacial score (nSPS) is 12.2. The number of hydrogen-bond donors (Lipinski definition) is 1. The predicted octanol–water partition coefficient (Wildman–Crippen LogP) is 4.57. The number of nitriles is 1. The maximum atomic E-state index is 13.4. The van der Waals surface area contributed by atoms with Crippen LogP contribution in [0.25, 0.3) is 0 Å². The number of halogens is 1. The van der Waals surface area contributed by atoms with Gasteiger partial charge in [0.15, 0.2) is 0 Å². The summed E-state index contributed by atoms with van der Waals surface area (Å²) in [6.45, 7) is 4.23. The van der Waals surface area contributed by atoms with E-state index in [1.54, 1.807) is 17.4 Å². The van der Waals surface area contributed by atoms with Gasteiger partial charge in [-0.1, -0.05) is 19.9 Å². The van der Waals surface area contributed by atoms with Crippen molar-refractivity contribution in [2.45, 2.75) is 19.9 Å². The van der Waals surface area contributed by atoms with Crippen LogP contribution in [-0.4, -0.2) is 0 Å². The van der Waals surface area contributed by atoms with Gasteiger partial charge in [0.05, 0.1) is 17.7 Å². The quantitative estimate of drug-likeness (QED) is 0.886. The van der Waals surface area contributed by atoms with Gasteiger partial charge < -0.3 is 5.32 Å². The molecule has 1 N–H and O–H groups in total. The van der Waals surface area contributed by atoms with Crippen LogP contribution < -0.4 is 5.32 Å². The van der Waals surface area contributed by atoms with Gasteiger partial charge in [-0.05, 0) is 35.6 Å². The van der Waals surface area contributed by atoms with Crippen molar-refractivity contribution < 1.29 is 4.39 Å². The molecule has 0 spiro atoms. The monoisotopic (exact) mass is 274 g/mol. The number of thiophene rings is 1. The second-order valence-electron chi connectivity index (χ2n) is 4.72. The van der Waals surface area contributed by atoms with Gasteiger partial charge in [-0.3, -0.25) is 0 Å². The first-order chi connectivity index (χ1) is 9.10. The van der Waals surface area contributed by atoms with E-state index < -0.39 is 5.82 Å². The molecule has 0 amide bonds. The molecule has 1 aromatic carbocycles. The summed E-state index contributed by atoms with van der Waals surface area (Å²) in [5.41, 5.74) is 0.972. The van der Waals surface area contributed by atoms with Gasteiger partial charge in [0.1, 0.15) is 5.82 Å². The van der Waals surface area contributed by atoms with Crippen LogP contribution in [0.2, 0.25) is 0 Å². The highest BCUT2D eigenvalue weighted by Crippen LogP contribution is 2.30. The van der Waals surface area contributed by atoms with E-state index in [9.17, 15) is 4.39 Å². The minimum Gasteiger partial charge on any atom is -0.377 e. The number of rotatable bonds is 4. The first-order valence-electron chi connectivity index (χ1n) is 6.11. The Morgan fingerprint density at radius 1 is 1.32 bits per heavy atom. The first-order valence-corrected chi connectivity index (χ1v) is 6.98. The summed E-state index contributed by atoms with van der Waals surface area (Å²) in [5, 5.41) is 14.2. The Morgan fingerprint density at radius 2 is 2.11 bits per heavy atom. The summed E-state index contributed by atoms with van der Waals surface area (Å²) in [6, 6.07) is 10.5. The third-order valence-electron chi connectivity index (χ3n) is 2.87. The molecular weight excluding hydrogens is 259 g/mol. The molecule has 19 heavy (non-hydrogen) atoms. The molecule has 1 aromatic heterocycles.